The Bertz CT molecular complexity index is 722. The number of nitrogens with zero attached hydrogens (tertiary/aromatic N) is 2. The van der Waals surface area contributed by atoms with Gasteiger partial charge in [0.2, 0.25) is 0 Å². The molecule has 120 valence electrons. The van der Waals surface area contributed by atoms with Crippen molar-refractivity contribution in [3.05, 3.63) is 51.8 Å². The van der Waals surface area contributed by atoms with Gasteiger partial charge in [0.1, 0.15) is 5.69 Å². The van der Waals surface area contributed by atoms with Gasteiger partial charge in [-0.05, 0) is 40.7 Å². The first-order chi connectivity index (χ1) is 11.0. The molecule has 0 bridgehead atoms. The highest BCUT2D eigenvalue weighted by atomic mass is 79.9. The van der Waals surface area contributed by atoms with E-state index in [1.165, 1.54) is 18.0 Å². The molecular formula is C15H15BrN4O2S. The van der Waals surface area contributed by atoms with E-state index in [0.29, 0.717) is 15.2 Å². The zero-order valence-electron chi connectivity index (χ0n) is 12.6. The summed E-state index contributed by atoms with van der Waals surface area (Å²) in [5.41, 5.74) is 6.40. The summed E-state index contributed by atoms with van der Waals surface area (Å²) in [4.78, 5) is 32.4. The van der Waals surface area contributed by atoms with Gasteiger partial charge >= 0.3 is 0 Å². The van der Waals surface area contributed by atoms with Gasteiger partial charge < -0.3 is 0 Å². The molecule has 0 aliphatic heterocycles. The Morgan fingerprint density at radius 2 is 1.83 bits per heavy atom. The van der Waals surface area contributed by atoms with E-state index in [9.17, 15) is 9.59 Å². The van der Waals surface area contributed by atoms with Crippen molar-refractivity contribution < 1.29 is 9.59 Å². The van der Waals surface area contributed by atoms with Gasteiger partial charge in [0.05, 0.1) is 4.47 Å². The minimum atomic E-state index is -0.516. The van der Waals surface area contributed by atoms with Crippen LogP contribution in [0.25, 0.3) is 0 Å². The average Bonchev–Trinajstić information content (AvgIpc) is 2.55. The molecule has 0 unspecified atom stereocenters. The van der Waals surface area contributed by atoms with Crippen LogP contribution in [-0.4, -0.2) is 27.5 Å². The van der Waals surface area contributed by atoms with E-state index in [0.717, 1.165) is 11.3 Å². The number of benzene rings is 1. The summed E-state index contributed by atoms with van der Waals surface area (Å²) in [5.74, 6) is -0.114. The van der Waals surface area contributed by atoms with Gasteiger partial charge in [-0.3, -0.25) is 20.4 Å². The quantitative estimate of drug-likeness (QED) is 0.473. The van der Waals surface area contributed by atoms with Crippen molar-refractivity contribution in [2.45, 2.75) is 19.0 Å². The fourth-order valence-corrected chi connectivity index (χ4v) is 2.57. The normalized spacial score (nSPS) is 10.2. The first-order valence-corrected chi connectivity index (χ1v) is 8.61. The summed E-state index contributed by atoms with van der Waals surface area (Å²) < 4.78 is 0.458. The summed E-state index contributed by atoms with van der Waals surface area (Å²) in [6.07, 6.45) is 1.52. The van der Waals surface area contributed by atoms with Gasteiger partial charge in [0, 0.05) is 11.8 Å². The lowest BCUT2D eigenvalue weighted by atomic mass is 10.1. The van der Waals surface area contributed by atoms with Crippen molar-refractivity contribution in [2.75, 3.05) is 5.75 Å². The molecule has 2 aromatic rings. The molecule has 0 aliphatic rings. The highest BCUT2D eigenvalue weighted by molar-refractivity contribution is 9.10. The third-order valence-corrected chi connectivity index (χ3v) is 4.14. The van der Waals surface area contributed by atoms with Crippen LogP contribution in [0.2, 0.25) is 0 Å². The van der Waals surface area contributed by atoms with Gasteiger partial charge in [0.25, 0.3) is 11.8 Å². The Labute approximate surface area is 146 Å². The summed E-state index contributed by atoms with van der Waals surface area (Å²) in [6.45, 7) is 3.90. The topological polar surface area (TPSA) is 84.0 Å². The van der Waals surface area contributed by atoms with Gasteiger partial charge in [-0.1, -0.05) is 36.4 Å². The molecule has 8 heteroatoms. The fraction of sp³-hybridized carbons (Fsp3) is 0.200. The minimum Gasteiger partial charge on any atom is -0.267 e. The van der Waals surface area contributed by atoms with Crippen molar-refractivity contribution in [3.63, 3.8) is 0 Å². The van der Waals surface area contributed by atoms with Gasteiger partial charge in [-0.15, -0.1) is 0 Å². The standard InChI is InChI=1S/C15H15BrN4O2S/c1-3-23-15-17-8-11(16)12(18-15)14(22)20-19-13(21)10-6-4-9(2)5-7-10/h4-8H,3H2,1-2H3,(H,19,21)(H,20,22). The lowest BCUT2D eigenvalue weighted by Gasteiger charge is -2.09. The van der Waals surface area contributed by atoms with Gasteiger partial charge in [-0.2, -0.15) is 0 Å². The minimum absolute atomic E-state index is 0.167. The molecule has 2 N–H and O–H groups in total. The Morgan fingerprint density at radius 3 is 2.48 bits per heavy atom. The molecule has 0 saturated carbocycles. The second-order valence-electron chi connectivity index (χ2n) is 4.56. The molecule has 2 amide bonds. The highest BCUT2D eigenvalue weighted by Crippen LogP contribution is 2.18. The number of hydrazine groups is 1. The molecule has 23 heavy (non-hydrogen) atoms. The smallest absolute Gasteiger partial charge is 0.267 e. The average molecular weight is 395 g/mol. The molecule has 0 saturated heterocycles. The van der Waals surface area contributed by atoms with Crippen LogP contribution in [0.5, 0.6) is 0 Å². The van der Waals surface area contributed by atoms with Crippen LogP contribution in [0, 0.1) is 6.92 Å². The van der Waals surface area contributed by atoms with Gasteiger partial charge in [-0.25, -0.2) is 9.97 Å². The number of rotatable bonds is 4. The van der Waals surface area contributed by atoms with Crippen molar-refractivity contribution in [3.8, 4) is 0 Å². The van der Waals surface area contributed by atoms with E-state index < -0.39 is 11.8 Å². The van der Waals surface area contributed by atoms with Crippen LogP contribution >= 0.6 is 27.7 Å². The first-order valence-electron chi connectivity index (χ1n) is 6.84. The van der Waals surface area contributed by atoms with Crippen molar-refractivity contribution >= 4 is 39.5 Å². The van der Waals surface area contributed by atoms with Crippen molar-refractivity contribution in [1.29, 1.82) is 0 Å². The number of aryl methyl sites for hydroxylation is 1. The lowest BCUT2D eigenvalue weighted by molar-refractivity contribution is 0.0843. The first kappa shape index (κ1) is 17.4. The second kappa shape index (κ2) is 8.07. The highest BCUT2D eigenvalue weighted by Gasteiger charge is 2.15. The SMILES string of the molecule is CCSc1ncc(Br)c(C(=O)NNC(=O)c2ccc(C)cc2)n1. The van der Waals surface area contributed by atoms with Crippen LogP contribution in [0.3, 0.4) is 0 Å². The van der Waals surface area contributed by atoms with E-state index in [2.05, 4.69) is 36.7 Å². The molecule has 0 radical (unpaired) electrons. The predicted octanol–water partition coefficient (Wildman–Crippen LogP) is 2.73. The van der Waals surface area contributed by atoms with E-state index >= 15 is 0 Å². The molecule has 1 aromatic carbocycles. The third-order valence-electron chi connectivity index (χ3n) is 2.81. The predicted molar refractivity (Wildman–Crippen MR) is 92.2 cm³/mol. The van der Waals surface area contributed by atoms with E-state index in [1.54, 1.807) is 12.1 Å². The van der Waals surface area contributed by atoms with E-state index in [-0.39, 0.29) is 5.69 Å². The van der Waals surface area contributed by atoms with Crippen LogP contribution in [0.1, 0.15) is 33.3 Å². The number of carbonyl (C=O) groups excluding carboxylic acids is 2. The maximum Gasteiger partial charge on any atom is 0.289 e. The zero-order valence-corrected chi connectivity index (χ0v) is 15.0. The Kier molecular flexibility index (Phi) is 6.12. The monoisotopic (exact) mass is 394 g/mol. The van der Waals surface area contributed by atoms with Crippen LogP contribution < -0.4 is 10.9 Å². The van der Waals surface area contributed by atoms with Crippen molar-refractivity contribution in [2.24, 2.45) is 0 Å². The summed E-state index contributed by atoms with van der Waals surface area (Å²) in [5, 5.41) is 0.505. The fourth-order valence-electron chi connectivity index (χ4n) is 1.66. The van der Waals surface area contributed by atoms with Crippen LogP contribution in [0.15, 0.2) is 40.1 Å². The molecule has 0 spiro atoms. The van der Waals surface area contributed by atoms with Crippen LogP contribution in [-0.2, 0) is 0 Å². The second-order valence-corrected chi connectivity index (χ2v) is 6.64. The number of hydrogen-bond donors (Lipinski definition) is 2. The number of halogens is 1. The zero-order chi connectivity index (χ0) is 16.8. The molecule has 6 nitrogen and oxygen atoms in total. The lowest BCUT2D eigenvalue weighted by Crippen LogP contribution is -2.42. The molecule has 1 aromatic heterocycles. The number of hydrogen-bond acceptors (Lipinski definition) is 5. The number of amides is 2. The molecule has 0 aliphatic carbocycles. The molecule has 0 atom stereocenters. The largest absolute Gasteiger partial charge is 0.289 e. The third kappa shape index (κ3) is 4.77. The number of nitrogens with one attached hydrogen (secondary N) is 2. The van der Waals surface area contributed by atoms with E-state index in [1.807, 2.05) is 26.0 Å². The number of carbonyl (C=O) groups is 2. The molecular weight excluding hydrogens is 380 g/mol. The maximum atomic E-state index is 12.2. The molecule has 2 rings (SSSR count). The maximum absolute atomic E-state index is 12.2. The van der Waals surface area contributed by atoms with Gasteiger partial charge in [0.15, 0.2) is 5.16 Å². The Hall–Kier alpha value is -1.93. The molecule has 1 heterocycles. The summed E-state index contributed by atoms with van der Waals surface area (Å²) >= 11 is 4.66. The van der Waals surface area contributed by atoms with Crippen LogP contribution in [0.4, 0.5) is 0 Å². The van der Waals surface area contributed by atoms with Crippen molar-refractivity contribution in [1.82, 2.24) is 20.8 Å². The van der Waals surface area contributed by atoms with E-state index in [4.69, 9.17) is 0 Å². The molecule has 0 fully saturated rings. The number of aromatic nitrogens is 2. The summed E-state index contributed by atoms with van der Waals surface area (Å²) in [6, 6.07) is 7.03. The Balaban J connectivity index is 2.03. The summed E-state index contributed by atoms with van der Waals surface area (Å²) in [7, 11) is 0. The number of thioether (sulfide) groups is 1. The Morgan fingerprint density at radius 1 is 1.17 bits per heavy atom.